The van der Waals surface area contributed by atoms with Crippen molar-refractivity contribution in [2.75, 3.05) is 61.2 Å². The number of nitrogens with zero attached hydrogens (tertiary/aromatic N) is 5. The van der Waals surface area contributed by atoms with Crippen LogP contribution in [-0.4, -0.2) is 64.9 Å². The predicted molar refractivity (Wildman–Crippen MR) is 100 cm³/mol. The van der Waals surface area contributed by atoms with Gasteiger partial charge in [0.15, 0.2) is 9.84 Å². The van der Waals surface area contributed by atoms with Gasteiger partial charge in [-0.3, -0.25) is 0 Å². The highest BCUT2D eigenvalue weighted by atomic mass is 32.2. The number of hydrogen-bond donors (Lipinski definition) is 0. The average Bonchev–Trinajstić information content (AvgIpc) is 2.61. The van der Waals surface area contributed by atoms with Crippen molar-refractivity contribution in [3.8, 4) is 0 Å². The van der Waals surface area contributed by atoms with Crippen molar-refractivity contribution in [3.05, 3.63) is 36.4 Å². The second kappa shape index (κ2) is 7.06. The Labute approximate surface area is 153 Å². The Bertz CT molecular complexity index is 896. The quantitative estimate of drug-likeness (QED) is 0.796. The van der Waals surface area contributed by atoms with E-state index in [-0.39, 0.29) is 4.90 Å². The lowest BCUT2D eigenvalue weighted by molar-refractivity contribution is 0.586. The standard InChI is InChI=1S/C17H22FN5O2S/c1-21(2)16-11-17(20-12-19-16)23-8-6-22(7-9-23)15-5-4-13(10-14(15)18)26(3,24)25/h4-5,10-12H,6-9H2,1-3H3. The molecule has 0 amide bonds. The first-order valence-electron chi connectivity index (χ1n) is 8.24. The van der Waals surface area contributed by atoms with E-state index in [4.69, 9.17) is 0 Å². The second-order valence-corrected chi connectivity index (χ2v) is 8.50. The summed E-state index contributed by atoms with van der Waals surface area (Å²) in [6.45, 7) is 2.63. The van der Waals surface area contributed by atoms with Crippen LogP contribution in [0.15, 0.2) is 35.5 Å². The number of anilines is 3. The smallest absolute Gasteiger partial charge is 0.175 e. The molecule has 26 heavy (non-hydrogen) atoms. The van der Waals surface area contributed by atoms with Crippen LogP contribution in [0.5, 0.6) is 0 Å². The first kappa shape index (κ1) is 18.4. The van der Waals surface area contributed by atoms with Crippen LogP contribution in [-0.2, 0) is 9.84 Å². The zero-order chi connectivity index (χ0) is 18.9. The van der Waals surface area contributed by atoms with Crippen LogP contribution in [0, 0.1) is 5.82 Å². The average molecular weight is 379 g/mol. The van der Waals surface area contributed by atoms with E-state index in [0.29, 0.717) is 31.9 Å². The molecule has 2 aromatic rings. The predicted octanol–water partition coefficient (Wildman–Crippen LogP) is 1.41. The van der Waals surface area contributed by atoms with E-state index in [1.54, 1.807) is 6.33 Å². The molecule has 0 radical (unpaired) electrons. The van der Waals surface area contributed by atoms with Crippen molar-refractivity contribution in [2.24, 2.45) is 0 Å². The molecule has 2 heterocycles. The van der Waals surface area contributed by atoms with Crippen LogP contribution in [0.3, 0.4) is 0 Å². The topological polar surface area (TPSA) is 69.6 Å². The molecule has 0 unspecified atom stereocenters. The van der Waals surface area contributed by atoms with Crippen molar-refractivity contribution in [1.82, 2.24) is 9.97 Å². The Balaban J connectivity index is 1.72. The van der Waals surface area contributed by atoms with Crippen LogP contribution in [0.2, 0.25) is 0 Å². The van der Waals surface area contributed by atoms with Crippen LogP contribution in [0.25, 0.3) is 0 Å². The maximum absolute atomic E-state index is 14.4. The maximum atomic E-state index is 14.4. The van der Waals surface area contributed by atoms with Gasteiger partial charge in [0, 0.05) is 52.6 Å². The molecule has 1 saturated heterocycles. The van der Waals surface area contributed by atoms with E-state index in [2.05, 4.69) is 14.9 Å². The minimum absolute atomic E-state index is 0.00501. The molecule has 1 aliphatic heterocycles. The molecule has 1 fully saturated rings. The molecule has 0 aliphatic carbocycles. The first-order valence-corrected chi connectivity index (χ1v) is 10.1. The molecule has 9 heteroatoms. The number of aromatic nitrogens is 2. The third-order valence-electron chi connectivity index (χ3n) is 4.39. The molecule has 1 aromatic heterocycles. The largest absolute Gasteiger partial charge is 0.366 e. The fourth-order valence-electron chi connectivity index (χ4n) is 2.91. The molecular formula is C17H22FN5O2S. The van der Waals surface area contributed by atoms with Gasteiger partial charge < -0.3 is 14.7 Å². The van der Waals surface area contributed by atoms with E-state index in [9.17, 15) is 12.8 Å². The molecule has 0 spiro atoms. The van der Waals surface area contributed by atoms with Crippen molar-refractivity contribution < 1.29 is 12.8 Å². The lowest BCUT2D eigenvalue weighted by Gasteiger charge is -2.37. The van der Waals surface area contributed by atoms with E-state index in [1.807, 2.05) is 30.0 Å². The fraction of sp³-hybridized carbons (Fsp3) is 0.412. The van der Waals surface area contributed by atoms with Gasteiger partial charge in [0.1, 0.15) is 23.8 Å². The van der Waals surface area contributed by atoms with E-state index in [1.165, 1.54) is 12.1 Å². The van der Waals surface area contributed by atoms with E-state index >= 15 is 0 Å². The summed E-state index contributed by atoms with van der Waals surface area (Å²) < 4.78 is 37.5. The van der Waals surface area contributed by atoms with Gasteiger partial charge in [-0.15, -0.1) is 0 Å². The summed E-state index contributed by atoms with van der Waals surface area (Å²) >= 11 is 0. The number of halogens is 1. The van der Waals surface area contributed by atoms with Crippen molar-refractivity contribution in [2.45, 2.75) is 4.90 Å². The van der Waals surface area contributed by atoms with Gasteiger partial charge in [-0.2, -0.15) is 0 Å². The number of rotatable bonds is 4. The number of benzene rings is 1. The molecule has 0 bridgehead atoms. The van der Waals surface area contributed by atoms with Gasteiger partial charge in [-0.05, 0) is 18.2 Å². The van der Waals surface area contributed by atoms with Gasteiger partial charge in [-0.1, -0.05) is 0 Å². The highest BCUT2D eigenvalue weighted by Gasteiger charge is 2.22. The Morgan fingerprint density at radius 3 is 2.27 bits per heavy atom. The Morgan fingerprint density at radius 1 is 1.04 bits per heavy atom. The molecular weight excluding hydrogens is 357 g/mol. The highest BCUT2D eigenvalue weighted by Crippen LogP contribution is 2.25. The van der Waals surface area contributed by atoms with Crippen molar-refractivity contribution >= 4 is 27.2 Å². The first-order chi connectivity index (χ1) is 12.3. The molecule has 0 N–H and O–H groups in total. The van der Waals surface area contributed by atoms with Crippen molar-refractivity contribution in [1.29, 1.82) is 0 Å². The molecule has 0 atom stereocenters. The Kier molecular flexibility index (Phi) is 4.99. The third kappa shape index (κ3) is 3.87. The fourth-order valence-corrected chi connectivity index (χ4v) is 3.54. The molecule has 1 aromatic carbocycles. The summed E-state index contributed by atoms with van der Waals surface area (Å²) in [4.78, 5) is 14.5. The Morgan fingerprint density at radius 2 is 1.69 bits per heavy atom. The van der Waals surface area contributed by atoms with Gasteiger partial charge in [-0.25, -0.2) is 22.8 Å². The molecule has 140 valence electrons. The zero-order valence-electron chi connectivity index (χ0n) is 15.1. The third-order valence-corrected chi connectivity index (χ3v) is 5.50. The number of sulfone groups is 1. The lowest BCUT2D eigenvalue weighted by Crippen LogP contribution is -2.47. The normalized spacial score (nSPS) is 15.2. The second-order valence-electron chi connectivity index (χ2n) is 6.49. The van der Waals surface area contributed by atoms with Gasteiger partial charge in [0.2, 0.25) is 0 Å². The lowest BCUT2D eigenvalue weighted by atomic mass is 10.2. The summed E-state index contributed by atoms with van der Waals surface area (Å²) in [7, 11) is 0.434. The van der Waals surface area contributed by atoms with Crippen LogP contribution < -0.4 is 14.7 Å². The highest BCUT2D eigenvalue weighted by molar-refractivity contribution is 7.90. The van der Waals surface area contributed by atoms with E-state index in [0.717, 1.165) is 24.0 Å². The van der Waals surface area contributed by atoms with Crippen LogP contribution in [0.1, 0.15) is 0 Å². The molecule has 1 aliphatic rings. The van der Waals surface area contributed by atoms with E-state index < -0.39 is 15.7 Å². The zero-order valence-corrected chi connectivity index (χ0v) is 15.9. The van der Waals surface area contributed by atoms with Gasteiger partial charge in [0.25, 0.3) is 0 Å². The number of hydrogen-bond acceptors (Lipinski definition) is 7. The summed E-state index contributed by atoms with van der Waals surface area (Å²) in [5.74, 6) is 1.16. The maximum Gasteiger partial charge on any atom is 0.175 e. The monoisotopic (exact) mass is 379 g/mol. The molecule has 0 saturated carbocycles. The minimum atomic E-state index is -3.41. The molecule has 7 nitrogen and oxygen atoms in total. The van der Waals surface area contributed by atoms with Gasteiger partial charge >= 0.3 is 0 Å². The summed E-state index contributed by atoms with van der Waals surface area (Å²) in [6.07, 6.45) is 2.62. The summed E-state index contributed by atoms with van der Waals surface area (Å²) in [5.41, 5.74) is 0.425. The Hall–Kier alpha value is -2.42. The summed E-state index contributed by atoms with van der Waals surface area (Å²) in [5, 5.41) is 0. The SMILES string of the molecule is CN(C)c1cc(N2CCN(c3ccc(S(C)(=O)=O)cc3F)CC2)ncn1. The van der Waals surface area contributed by atoms with Crippen molar-refractivity contribution in [3.63, 3.8) is 0 Å². The van der Waals surface area contributed by atoms with Crippen LogP contribution in [0.4, 0.5) is 21.7 Å². The number of piperazine rings is 1. The summed E-state index contributed by atoms with van der Waals surface area (Å²) in [6, 6.07) is 6.01. The van der Waals surface area contributed by atoms with Crippen LogP contribution >= 0.6 is 0 Å². The van der Waals surface area contributed by atoms with Gasteiger partial charge in [0.05, 0.1) is 10.6 Å². The molecule has 3 rings (SSSR count). The minimum Gasteiger partial charge on any atom is -0.366 e.